The van der Waals surface area contributed by atoms with E-state index in [-0.39, 0.29) is 30.6 Å². The van der Waals surface area contributed by atoms with Crippen LogP contribution in [0.15, 0.2) is 36.7 Å². The zero-order chi connectivity index (χ0) is 22.0. The van der Waals surface area contributed by atoms with Crippen LogP contribution in [-0.4, -0.2) is 61.6 Å². The summed E-state index contributed by atoms with van der Waals surface area (Å²) in [6.45, 7) is -0.0274. The molecule has 31 heavy (non-hydrogen) atoms. The molecule has 0 aliphatic carbocycles. The van der Waals surface area contributed by atoms with Gasteiger partial charge in [-0.15, -0.1) is 0 Å². The molecule has 2 aromatic heterocycles. The van der Waals surface area contributed by atoms with Gasteiger partial charge in [-0.05, 0) is 42.2 Å². The highest BCUT2D eigenvalue weighted by molar-refractivity contribution is 5.99. The average molecular weight is 429 g/mol. The number of aliphatic hydroxyl groups is 3. The maximum Gasteiger partial charge on any atom is 0.256 e. The van der Waals surface area contributed by atoms with E-state index in [4.69, 9.17) is 5.11 Å². The number of anilines is 1. The Balaban J connectivity index is 1.65. The number of aliphatic hydroxyl groups excluding tert-OH is 3. The summed E-state index contributed by atoms with van der Waals surface area (Å²) in [5.74, 6) is -0.201. The number of benzene rings is 1. The summed E-state index contributed by atoms with van der Waals surface area (Å²) >= 11 is 0. The lowest BCUT2D eigenvalue weighted by Gasteiger charge is -2.27. The van der Waals surface area contributed by atoms with Crippen LogP contribution in [0.25, 0.3) is 5.65 Å². The summed E-state index contributed by atoms with van der Waals surface area (Å²) in [4.78, 5) is 19.2. The summed E-state index contributed by atoms with van der Waals surface area (Å²) in [7, 11) is 0. The zero-order valence-corrected chi connectivity index (χ0v) is 16.8. The fraction of sp³-hybridized carbons (Fsp3) is 0.381. The van der Waals surface area contributed by atoms with E-state index >= 15 is 0 Å². The van der Waals surface area contributed by atoms with Crippen LogP contribution in [0.2, 0.25) is 0 Å². The first-order valence-corrected chi connectivity index (χ1v) is 10.1. The molecule has 1 aliphatic heterocycles. The van der Waals surface area contributed by atoms with Gasteiger partial charge in [0.1, 0.15) is 17.2 Å². The maximum atomic E-state index is 13.9. The normalized spacial score (nSPS) is 17.3. The number of nitrogens with zero attached hydrogens (tertiary/aromatic N) is 4. The summed E-state index contributed by atoms with van der Waals surface area (Å²) in [6, 6.07) is 6.03. The number of carbonyl (C=O) groups excluding carboxylic acids is 1. The van der Waals surface area contributed by atoms with Crippen molar-refractivity contribution in [2.45, 2.75) is 31.6 Å². The van der Waals surface area contributed by atoms with Gasteiger partial charge < -0.3 is 25.5 Å². The minimum absolute atomic E-state index is 0.0932. The number of rotatable bonds is 7. The van der Waals surface area contributed by atoms with Crippen molar-refractivity contribution in [1.29, 1.82) is 0 Å². The van der Waals surface area contributed by atoms with Crippen LogP contribution in [-0.2, 0) is 6.61 Å². The Morgan fingerprint density at radius 3 is 2.94 bits per heavy atom. The van der Waals surface area contributed by atoms with Crippen LogP contribution in [0, 0.1) is 5.82 Å². The van der Waals surface area contributed by atoms with E-state index in [2.05, 4.69) is 15.4 Å². The first-order valence-electron chi connectivity index (χ1n) is 10.1. The minimum atomic E-state index is -1.05. The highest BCUT2D eigenvalue weighted by atomic mass is 19.1. The number of hydrogen-bond acceptors (Lipinski definition) is 7. The average Bonchev–Trinajstić information content (AvgIpc) is 3.43. The lowest BCUT2D eigenvalue weighted by Crippen LogP contribution is -2.33. The molecule has 4 rings (SSSR count). The van der Waals surface area contributed by atoms with Gasteiger partial charge in [-0.1, -0.05) is 6.07 Å². The molecule has 164 valence electrons. The third-order valence-electron chi connectivity index (χ3n) is 5.49. The van der Waals surface area contributed by atoms with E-state index in [0.717, 1.165) is 18.4 Å². The molecule has 3 aromatic rings. The van der Waals surface area contributed by atoms with Crippen molar-refractivity contribution in [2.75, 3.05) is 24.6 Å². The second-order valence-corrected chi connectivity index (χ2v) is 7.51. The molecule has 1 amide bonds. The lowest BCUT2D eigenvalue weighted by molar-refractivity contribution is 0.0803. The van der Waals surface area contributed by atoms with E-state index in [1.54, 1.807) is 18.3 Å². The van der Waals surface area contributed by atoms with Gasteiger partial charge in [0.25, 0.3) is 5.91 Å². The Hall–Kier alpha value is -3.08. The predicted molar refractivity (Wildman–Crippen MR) is 110 cm³/mol. The molecule has 0 spiro atoms. The van der Waals surface area contributed by atoms with Crippen LogP contribution < -0.4 is 10.2 Å². The SMILES string of the molecule is O=C(NC[C@H](O)CO)c1cnn2ccc(N3CCC[C@@H]3c3cc(F)ccc3CO)nc12. The van der Waals surface area contributed by atoms with Gasteiger partial charge in [0, 0.05) is 19.3 Å². The van der Waals surface area contributed by atoms with Gasteiger partial charge in [0.2, 0.25) is 0 Å². The number of fused-ring (bicyclic) bond motifs is 1. The number of amides is 1. The number of carbonyl (C=O) groups is 1. The zero-order valence-electron chi connectivity index (χ0n) is 16.8. The number of nitrogens with one attached hydrogen (secondary N) is 1. The summed E-state index contributed by atoms with van der Waals surface area (Å²) < 4.78 is 15.4. The van der Waals surface area contributed by atoms with Crippen molar-refractivity contribution >= 4 is 17.4 Å². The van der Waals surface area contributed by atoms with E-state index in [0.29, 0.717) is 23.6 Å². The molecule has 2 atom stereocenters. The maximum absolute atomic E-state index is 13.9. The number of halogens is 1. The molecular weight excluding hydrogens is 405 g/mol. The molecule has 9 nitrogen and oxygen atoms in total. The monoisotopic (exact) mass is 429 g/mol. The molecule has 0 bridgehead atoms. The van der Waals surface area contributed by atoms with Crippen molar-refractivity contribution in [3.63, 3.8) is 0 Å². The fourth-order valence-electron chi connectivity index (χ4n) is 3.93. The number of aromatic nitrogens is 3. The standard InChI is InChI=1S/C21H24FN5O4/c22-14-4-3-13(11-28)16(8-14)18-2-1-6-26(18)19-5-7-27-20(25-19)17(10-24-27)21(31)23-9-15(30)12-29/h3-5,7-8,10,15,18,28-30H,1-2,6,9,11-12H2,(H,23,31)/t15-,18+/m0/s1. The van der Waals surface area contributed by atoms with E-state index < -0.39 is 18.6 Å². The van der Waals surface area contributed by atoms with Gasteiger partial charge >= 0.3 is 0 Å². The summed E-state index contributed by atoms with van der Waals surface area (Å²) in [5.41, 5.74) is 1.99. The van der Waals surface area contributed by atoms with Gasteiger partial charge in [-0.2, -0.15) is 5.10 Å². The Bertz CT molecular complexity index is 1090. The van der Waals surface area contributed by atoms with E-state index in [1.807, 2.05) is 4.90 Å². The van der Waals surface area contributed by atoms with Gasteiger partial charge in [-0.25, -0.2) is 13.9 Å². The van der Waals surface area contributed by atoms with Crippen molar-refractivity contribution in [2.24, 2.45) is 0 Å². The molecule has 4 N–H and O–H groups in total. The van der Waals surface area contributed by atoms with Crippen LogP contribution in [0.4, 0.5) is 10.2 Å². The molecule has 1 aliphatic rings. The summed E-state index contributed by atoms with van der Waals surface area (Å²) in [6.07, 6.45) is 3.71. The molecule has 3 heterocycles. The topological polar surface area (TPSA) is 123 Å². The minimum Gasteiger partial charge on any atom is -0.394 e. The van der Waals surface area contributed by atoms with Crippen molar-refractivity contribution < 1.29 is 24.5 Å². The quantitative estimate of drug-likeness (QED) is 0.438. The first kappa shape index (κ1) is 21.2. The Kier molecular flexibility index (Phi) is 6.12. The Labute approximate surface area is 177 Å². The third-order valence-corrected chi connectivity index (χ3v) is 5.49. The summed E-state index contributed by atoms with van der Waals surface area (Å²) in [5, 5.41) is 34.8. The van der Waals surface area contributed by atoms with Crippen LogP contribution in [0.5, 0.6) is 0 Å². The Morgan fingerprint density at radius 2 is 2.16 bits per heavy atom. The second-order valence-electron chi connectivity index (χ2n) is 7.51. The van der Waals surface area contributed by atoms with Crippen LogP contribution in [0.3, 0.4) is 0 Å². The first-order chi connectivity index (χ1) is 15.0. The Morgan fingerprint density at radius 1 is 1.32 bits per heavy atom. The van der Waals surface area contributed by atoms with Crippen molar-refractivity contribution in [1.82, 2.24) is 19.9 Å². The number of hydrogen-bond donors (Lipinski definition) is 4. The largest absolute Gasteiger partial charge is 0.394 e. The molecule has 1 aromatic carbocycles. The molecule has 0 unspecified atom stereocenters. The third kappa shape index (κ3) is 4.22. The van der Waals surface area contributed by atoms with Crippen LogP contribution >= 0.6 is 0 Å². The van der Waals surface area contributed by atoms with Gasteiger partial charge in [0.15, 0.2) is 5.65 Å². The molecular formula is C21H24FN5O4. The van der Waals surface area contributed by atoms with Crippen molar-refractivity contribution in [3.8, 4) is 0 Å². The van der Waals surface area contributed by atoms with E-state index in [9.17, 15) is 19.4 Å². The highest BCUT2D eigenvalue weighted by Gasteiger charge is 2.29. The highest BCUT2D eigenvalue weighted by Crippen LogP contribution is 2.37. The smallest absolute Gasteiger partial charge is 0.256 e. The van der Waals surface area contributed by atoms with Gasteiger partial charge in [-0.3, -0.25) is 4.79 Å². The predicted octanol–water partition coefficient (Wildman–Crippen LogP) is 0.785. The van der Waals surface area contributed by atoms with E-state index in [1.165, 1.54) is 22.8 Å². The molecule has 0 saturated carbocycles. The van der Waals surface area contributed by atoms with Crippen molar-refractivity contribution in [3.05, 3.63) is 59.2 Å². The second kappa shape index (κ2) is 8.96. The van der Waals surface area contributed by atoms with Gasteiger partial charge in [0.05, 0.1) is 31.6 Å². The molecule has 1 fully saturated rings. The lowest BCUT2D eigenvalue weighted by atomic mass is 9.98. The molecule has 10 heteroatoms. The molecule has 1 saturated heterocycles. The molecule has 0 radical (unpaired) electrons. The fourth-order valence-corrected chi connectivity index (χ4v) is 3.93. The van der Waals surface area contributed by atoms with Crippen LogP contribution in [0.1, 0.15) is 40.4 Å².